The Kier molecular flexibility index (Phi) is 7.88. The van der Waals surface area contributed by atoms with Gasteiger partial charge in [0.25, 0.3) is 0 Å². The van der Waals surface area contributed by atoms with Gasteiger partial charge in [0.2, 0.25) is 0 Å². The van der Waals surface area contributed by atoms with E-state index in [2.05, 4.69) is 10.3 Å². The number of amides is 2. The summed E-state index contributed by atoms with van der Waals surface area (Å²) in [6, 6.07) is 9.54. The molecule has 3 aromatic rings. The molecule has 3 rings (SSSR count). The van der Waals surface area contributed by atoms with Gasteiger partial charge in [-0.3, -0.25) is 0 Å². The van der Waals surface area contributed by atoms with Crippen molar-refractivity contribution in [3.63, 3.8) is 0 Å². The van der Waals surface area contributed by atoms with Gasteiger partial charge < -0.3 is 24.7 Å². The molecule has 7 nitrogen and oxygen atoms in total. The van der Waals surface area contributed by atoms with E-state index in [4.69, 9.17) is 9.47 Å². The number of nitrogens with one attached hydrogen (secondary N) is 2. The molecule has 0 radical (unpaired) electrons. The van der Waals surface area contributed by atoms with Crippen molar-refractivity contribution in [2.75, 3.05) is 19.0 Å². The van der Waals surface area contributed by atoms with Crippen molar-refractivity contribution in [3.8, 4) is 5.75 Å². The molecule has 0 saturated heterocycles. The van der Waals surface area contributed by atoms with Crippen LogP contribution < -0.4 is 10.1 Å². The predicted molar refractivity (Wildman–Crippen MR) is 124 cm³/mol. The largest absolute Gasteiger partial charge is 0.497 e. The van der Waals surface area contributed by atoms with Crippen LogP contribution in [0.25, 0.3) is 0 Å². The van der Waals surface area contributed by atoms with E-state index in [-0.39, 0.29) is 25.4 Å². The lowest BCUT2D eigenvalue weighted by Crippen LogP contribution is -2.34. The first-order chi connectivity index (χ1) is 16.2. The van der Waals surface area contributed by atoms with Gasteiger partial charge in [-0.15, -0.1) is 0 Å². The molecule has 0 bridgehead atoms. The molecule has 0 aliphatic heterocycles. The number of rotatable bonds is 8. The Hall–Kier alpha value is -3.88. The number of H-pyrrole nitrogens is 1. The first-order valence-electron chi connectivity index (χ1n) is 10.7. The summed E-state index contributed by atoms with van der Waals surface area (Å²) >= 11 is 0. The number of anilines is 1. The minimum Gasteiger partial charge on any atom is -0.497 e. The third-order valence-corrected chi connectivity index (χ3v) is 5.41. The fourth-order valence-electron chi connectivity index (χ4n) is 3.56. The monoisotopic (exact) mass is 471 g/mol. The summed E-state index contributed by atoms with van der Waals surface area (Å²) in [5, 5.41) is 2.51. The summed E-state index contributed by atoms with van der Waals surface area (Å²) in [6.07, 6.45) is 0. The summed E-state index contributed by atoms with van der Waals surface area (Å²) < 4.78 is 37.7. The second-order valence-electron chi connectivity index (χ2n) is 7.71. The van der Waals surface area contributed by atoms with Crippen LogP contribution in [0.15, 0.2) is 42.5 Å². The Balaban J connectivity index is 1.91. The number of ether oxygens (including phenoxy) is 2. The summed E-state index contributed by atoms with van der Waals surface area (Å²) in [4.78, 5) is 30.0. The highest BCUT2D eigenvalue weighted by Crippen LogP contribution is 2.24. The molecular weight excluding hydrogens is 444 g/mol. The molecule has 180 valence electrons. The van der Waals surface area contributed by atoms with Gasteiger partial charge in [-0.05, 0) is 61.7 Å². The normalized spacial score (nSPS) is 10.6. The van der Waals surface area contributed by atoms with Crippen LogP contribution in [-0.4, -0.2) is 35.6 Å². The number of urea groups is 1. The molecule has 2 aromatic carbocycles. The van der Waals surface area contributed by atoms with Gasteiger partial charge in [0.15, 0.2) is 0 Å². The van der Waals surface area contributed by atoms with E-state index < -0.39 is 23.6 Å². The summed E-state index contributed by atoms with van der Waals surface area (Å²) in [5.74, 6) is -1.43. The fourth-order valence-corrected chi connectivity index (χ4v) is 3.56. The second-order valence-corrected chi connectivity index (χ2v) is 7.71. The molecule has 9 heteroatoms. The number of hydrogen-bond acceptors (Lipinski definition) is 4. The maximum absolute atomic E-state index is 14.2. The van der Waals surface area contributed by atoms with Crippen LogP contribution in [0.4, 0.5) is 19.3 Å². The van der Waals surface area contributed by atoms with Crippen LogP contribution in [0.2, 0.25) is 0 Å². The number of aromatic amines is 1. The van der Waals surface area contributed by atoms with Gasteiger partial charge in [-0.25, -0.2) is 18.4 Å². The number of nitrogens with zero attached hydrogens (tertiary/aromatic N) is 1. The first kappa shape index (κ1) is 24.8. The van der Waals surface area contributed by atoms with E-state index in [1.54, 1.807) is 40.0 Å². The van der Waals surface area contributed by atoms with Gasteiger partial charge in [-0.2, -0.15) is 0 Å². The van der Waals surface area contributed by atoms with Crippen LogP contribution in [0, 0.1) is 25.5 Å². The number of methoxy groups -OCH3 is 1. The molecule has 0 aliphatic rings. The van der Waals surface area contributed by atoms with E-state index in [1.165, 1.54) is 11.0 Å². The summed E-state index contributed by atoms with van der Waals surface area (Å²) in [7, 11) is 1.56. The van der Waals surface area contributed by atoms with Gasteiger partial charge in [0.1, 0.15) is 23.1 Å². The first-order valence-corrected chi connectivity index (χ1v) is 10.7. The molecule has 34 heavy (non-hydrogen) atoms. The standard InChI is InChI=1S/C25H27F2N3O4/c1-5-34-24(31)23-15(2)20(16(3)28-23)14-30(13-17-6-9-19(33-4)10-7-17)25(32)29-22-11-8-18(26)12-21(22)27/h6-12,28H,5,13-14H2,1-4H3,(H,29,32). The Morgan fingerprint density at radius 1 is 1.06 bits per heavy atom. The molecule has 2 N–H and O–H groups in total. The third kappa shape index (κ3) is 5.72. The van der Waals surface area contributed by atoms with Gasteiger partial charge in [-0.1, -0.05) is 12.1 Å². The highest BCUT2D eigenvalue weighted by molar-refractivity contribution is 5.91. The molecule has 1 aromatic heterocycles. The van der Waals surface area contributed by atoms with Gasteiger partial charge >= 0.3 is 12.0 Å². The van der Waals surface area contributed by atoms with E-state index in [0.29, 0.717) is 28.8 Å². The van der Waals surface area contributed by atoms with Gasteiger partial charge in [0, 0.05) is 24.8 Å². The molecule has 2 amide bonds. The maximum Gasteiger partial charge on any atom is 0.355 e. The zero-order chi connectivity index (χ0) is 24.8. The summed E-state index contributed by atoms with van der Waals surface area (Å²) in [5.41, 5.74) is 3.11. The minimum absolute atomic E-state index is 0.133. The molecular formula is C25H27F2N3O4. The maximum atomic E-state index is 14.2. The topological polar surface area (TPSA) is 83.7 Å². The quantitative estimate of drug-likeness (QED) is 0.435. The number of esters is 1. The van der Waals surface area contributed by atoms with Crippen LogP contribution in [0.3, 0.4) is 0 Å². The summed E-state index contributed by atoms with van der Waals surface area (Å²) in [6.45, 7) is 5.86. The van der Waals surface area contributed by atoms with Crippen molar-refractivity contribution in [1.29, 1.82) is 0 Å². The fraction of sp³-hybridized carbons (Fsp3) is 0.280. The Bertz CT molecular complexity index is 1180. The second kappa shape index (κ2) is 10.8. The van der Waals surface area contributed by atoms with Crippen molar-refractivity contribution >= 4 is 17.7 Å². The van der Waals surface area contributed by atoms with Crippen molar-refractivity contribution in [2.45, 2.75) is 33.9 Å². The highest BCUT2D eigenvalue weighted by atomic mass is 19.1. The number of carbonyl (C=O) groups excluding carboxylic acids is 2. The molecule has 0 fully saturated rings. The van der Waals surface area contributed by atoms with E-state index in [9.17, 15) is 18.4 Å². The lowest BCUT2D eigenvalue weighted by atomic mass is 10.1. The van der Waals surface area contributed by atoms with Crippen molar-refractivity contribution in [2.24, 2.45) is 0 Å². The van der Waals surface area contributed by atoms with Gasteiger partial charge in [0.05, 0.1) is 19.4 Å². The molecule has 0 atom stereocenters. The number of carbonyl (C=O) groups is 2. The zero-order valence-corrected chi connectivity index (χ0v) is 19.5. The molecule has 1 heterocycles. The number of aryl methyl sites for hydroxylation is 1. The van der Waals surface area contributed by atoms with Crippen molar-refractivity contribution in [1.82, 2.24) is 9.88 Å². The zero-order valence-electron chi connectivity index (χ0n) is 19.5. The lowest BCUT2D eigenvalue weighted by Gasteiger charge is -2.24. The van der Waals surface area contributed by atoms with Crippen LogP contribution in [0.5, 0.6) is 5.75 Å². The Labute approximate surface area is 196 Å². The SMILES string of the molecule is CCOC(=O)c1[nH]c(C)c(CN(Cc2ccc(OC)cc2)C(=O)Nc2ccc(F)cc2F)c1C. The highest BCUT2D eigenvalue weighted by Gasteiger charge is 2.23. The third-order valence-electron chi connectivity index (χ3n) is 5.41. The predicted octanol–water partition coefficient (Wildman–Crippen LogP) is 5.33. The Morgan fingerprint density at radius 3 is 2.38 bits per heavy atom. The number of benzene rings is 2. The van der Waals surface area contributed by atoms with E-state index in [1.807, 2.05) is 12.1 Å². The molecule has 0 aliphatic carbocycles. The minimum atomic E-state index is -0.878. The average molecular weight is 472 g/mol. The number of hydrogen-bond donors (Lipinski definition) is 2. The molecule has 0 saturated carbocycles. The van der Waals surface area contributed by atoms with Crippen LogP contribution >= 0.6 is 0 Å². The molecule has 0 spiro atoms. The van der Waals surface area contributed by atoms with Crippen LogP contribution in [0.1, 0.15) is 39.8 Å². The number of aromatic nitrogens is 1. The van der Waals surface area contributed by atoms with Crippen molar-refractivity contribution in [3.05, 3.63) is 82.2 Å². The van der Waals surface area contributed by atoms with E-state index >= 15 is 0 Å². The van der Waals surface area contributed by atoms with E-state index in [0.717, 1.165) is 17.2 Å². The van der Waals surface area contributed by atoms with Crippen molar-refractivity contribution < 1.29 is 27.8 Å². The Morgan fingerprint density at radius 2 is 1.76 bits per heavy atom. The smallest absolute Gasteiger partial charge is 0.355 e. The number of halogens is 2. The lowest BCUT2D eigenvalue weighted by molar-refractivity contribution is 0.0519. The molecule has 0 unspecified atom stereocenters. The van der Waals surface area contributed by atoms with Crippen LogP contribution in [-0.2, 0) is 17.8 Å². The average Bonchev–Trinajstić information content (AvgIpc) is 3.09.